The first-order valence-electron chi connectivity index (χ1n) is 6.18. The number of amides is 1. The molecule has 0 aliphatic carbocycles. The predicted octanol–water partition coefficient (Wildman–Crippen LogP) is 1.16. The molecule has 0 unspecified atom stereocenters. The second kappa shape index (κ2) is 6.15. The average molecular weight is 258 g/mol. The first-order valence-corrected chi connectivity index (χ1v) is 6.18. The van der Waals surface area contributed by atoms with E-state index in [-0.39, 0.29) is 5.91 Å². The van der Waals surface area contributed by atoms with Gasteiger partial charge in [-0.3, -0.25) is 4.79 Å². The Morgan fingerprint density at radius 2 is 2.05 bits per heavy atom. The molecular weight excluding hydrogens is 240 g/mol. The first kappa shape index (κ1) is 13.3. The highest BCUT2D eigenvalue weighted by Gasteiger charge is 2.05. The van der Waals surface area contributed by atoms with Crippen LogP contribution in [0.1, 0.15) is 10.4 Å². The largest absolute Gasteiger partial charge is 0.351 e. The number of carbonyl (C=O) groups is 1. The molecule has 5 heteroatoms. The van der Waals surface area contributed by atoms with Crippen molar-refractivity contribution in [3.05, 3.63) is 48.5 Å². The molecule has 0 radical (unpaired) electrons. The summed E-state index contributed by atoms with van der Waals surface area (Å²) < 4.78 is 1.90. The van der Waals surface area contributed by atoms with Crippen LogP contribution in [-0.2, 0) is 0 Å². The number of hydrogen-bond donors (Lipinski definition) is 1. The summed E-state index contributed by atoms with van der Waals surface area (Å²) in [6.07, 6.45) is 5.32. The summed E-state index contributed by atoms with van der Waals surface area (Å²) in [4.78, 5) is 17.9. The van der Waals surface area contributed by atoms with Crippen LogP contribution < -0.4 is 5.32 Å². The summed E-state index contributed by atoms with van der Waals surface area (Å²) in [6, 6.07) is 7.45. The normalized spacial score (nSPS) is 10.7. The van der Waals surface area contributed by atoms with Crippen LogP contribution in [0.5, 0.6) is 0 Å². The Labute approximate surface area is 112 Å². The number of carbonyl (C=O) groups excluding carboxylic acids is 1. The maximum Gasteiger partial charge on any atom is 0.251 e. The van der Waals surface area contributed by atoms with E-state index in [1.54, 1.807) is 12.5 Å². The van der Waals surface area contributed by atoms with Crippen LogP contribution in [0.3, 0.4) is 0 Å². The maximum absolute atomic E-state index is 11.9. The van der Waals surface area contributed by atoms with Crippen molar-refractivity contribution in [1.82, 2.24) is 19.8 Å². The van der Waals surface area contributed by atoms with E-state index < -0.39 is 0 Å². The molecule has 19 heavy (non-hydrogen) atoms. The molecule has 0 saturated heterocycles. The van der Waals surface area contributed by atoms with Crippen molar-refractivity contribution in [2.45, 2.75) is 0 Å². The van der Waals surface area contributed by atoms with Gasteiger partial charge >= 0.3 is 0 Å². The predicted molar refractivity (Wildman–Crippen MR) is 74.5 cm³/mol. The van der Waals surface area contributed by atoms with E-state index in [0.29, 0.717) is 12.1 Å². The molecule has 1 N–H and O–H groups in total. The van der Waals surface area contributed by atoms with E-state index in [1.165, 1.54) is 0 Å². The Bertz CT molecular complexity index is 517. The summed E-state index contributed by atoms with van der Waals surface area (Å²) in [6.45, 7) is 1.48. The Kier molecular flexibility index (Phi) is 4.30. The molecule has 2 rings (SSSR count). The SMILES string of the molecule is CN(C)CCNC(=O)c1ccc(-n2ccnc2)cc1. The zero-order valence-corrected chi connectivity index (χ0v) is 11.2. The molecule has 0 fully saturated rings. The van der Waals surface area contributed by atoms with Crippen molar-refractivity contribution in [3.63, 3.8) is 0 Å². The number of nitrogens with one attached hydrogen (secondary N) is 1. The fourth-order valence-electron chi connectivity index (χ4n) is 1.69. The second-order valence-electron chi connectivity index (χ2n) is 4.58. The molecule has 0 aliphatic heterocycles. The zero-order chi connectivity index (χ0) is 13.7. The molecule has 0 bridgehead atoms. The van der Waals surface area contributed by atoms with Gasteiger partial charge in [-0.1, -0.05) is 0 Å². The van der Waals surface area contributed by atoms with Gasteiger partial charge in [-0.15, -0.1) is 0 Å². The molecule has 5 nitrogen and oxygen atoms in total. The molecule has 0 saturated carbocycles. The maximum atomic E-state index is 11.9. The summed E-state index contributed by atoms with van der Waals surface area (Å²) in [5, 5.41) is 2.88. The number of rotatable bonds is 5. The van der Waals surface area contributed by atoms with Gasteiger partial charge in [0.05, 0.1) is 6.33 Å². The van der Waals surface area contributed by atoms with Crippen LogP contribution in [-0.4, -0.2) is 47.5 Å². The lowest BCUT2D eigenvalue weighted by Crippen LogP contribution is -2.31. The molecule has 2 aromatic rings. The van der Waals surface area contributed by atoms with E-state index >= 15 is 0 Å². The van der Waals surface area contributed by atoms with E-state index in [4.69, 9.17) is 0 Å². The van der Waals surface area contributed by atoms with Gasteiger partial charge in [0.15, 0.2) is 0 Å². The highest BCUT2D eigenvalue weighted by atomic mass is 16.1. The number of nitrogens with zero attached hydrogens (tertiary/aromatic N) is 3. The fourth-order valence-corrected chi connectivity index (χ4v) is 1.69. The number of likely N-dealkylation sites (N-methyl/N-ethyl adjacent to an activating group) is 1. The minimum Gasteiger partial charge on any atom is -0.351 e. The Hall–Kier alpha value is -2.14. The smallest absolute Gasteiger partial charge is 0.251 e. The molecule has 1 aromatic carbocycles. The lowest BCUT2D eigenvalue weighted by molar-refractivity contribution is 0.0951. The van der Waals surface area contributed by atoms with Gasteiger partial charge in [0.25, 0.3) is 5.91 Å². The number of benzene rings is 1. The molecule has 0 aliphatic rings. The minimum atomic E-state index is -0.0426. The molecule has 100 valence electrons. The second-order valence-corrected chi connectivity index (χ2v) is 4.58. The van der Waals surface area contributed by atoms with E-state index in [1.807, 2.05) is 54.0 Å². The number of imidazole rings is 1. The van der Waals surface area contributed by atoms with Gasteiger partial charge in [0, 0.05) is 36.7 Å². The zero-order valence-electron chi connectivity index (χ0n) is 11.2. The lowest BCUT2D eigenvalue weighted by Gasteiger charge is -2.10. The molecule has 1 amide bonds. The minimum absolute atomic E-state index is 0.0426. The van der Waals surface area contributed by atoms with Crippen LogP contribution in [0.4, 0.5) is 0 Å². The summed E-state index contributed by atoms with van der Waals surface area (Å²) in [5.74, 6) is -0.0426. The molecule has 0 spiro atoms. The van der Waals surface area contributed by atoms with Crippen molar-refractivity contribution < 1.29 is 4.79 Å². The highest BCUT2D eigenvalue weighted by molar-refractivity contribution is 5.94. The van der Waals surface area contributed by atoms with E-state index in [0.717, 1.165) is 12.2 Å². The van der Waals surface area contributed by atoms with Crippen molar-refractivity contribution in [2.24, 2.45) is 0 Å². The Balaban J connectivity index is 1.96. The quantitative estimate of drug-likeness (QED) is 0.875. The molecule has 0 atom stereocenters. The van der Waals surface area contributed by atoms with Gasteiger partial charge in [0.2, 0.25) is 0 Å². The summed E-state index contributed by atoms with van der Waals surface area (Å²) >= 11 is 0. The third kappa shape index (κ3) is 3.66. The van der Waals surface area contributed by atoms with Crippen LogP contribution in [0.2, 0.25) is 0 Å². The van der Waals surface area contributed by atoms with E-state index in [9.17, 15) is 4.79 Å². The lowest BCUT2D eigenvalue weighted by atomic mass is 10.2. The van der Waals surface area contributed by atoms with Crippen LogP contribution in [0, 0.1) is 0 Å². The van der Waals surface area contributed by atoms with Gasteiger partial charge < -0.3 is 14.8 Å². The summed E-state index contributed by atoms with van der Waals surface area (Å²) in [5.41, 5.74) is 1.66. The van der Waals surface area contributed by atoms with Crippen molar-refractivity contribution in [1.29, 1.82) is 0 Å². The van der Waals surface area contributed by atoms with Gasteiger partial charge in [-0.05, 0) is 38.4 Å². The Morgan fingerprint density at radius 1 is 1.32 bits per heavy atom. The highest BCUT2D eigenvalue weighted by Crippen LogP contribution is 2.09. The molecule has 1 heterocycles. The van der Waals surface area contributed by atoms with Crippen molar-refractivity contribution in [3.8, 4) is 5.69 Å². The van der Waals surface area contributed by atoms with Gasteiger partial charge in [0.1, 0.15) is 0 Å². The van der Waals surface area contributed by atoms with E-state index in [2.05, 4.69) is 10.3 Å². The first-order chi connectivity index (χ1) is 9.16. The van der Waals surface area contributed by atoms with Crippen molar-refractivity contribution in [2.75, 3.05) is 27.2 Å². The van der Waals surface area contributed by atoms with Crippen LogP contribution >= 0.6 is 0 Å². The fraction of sp³-hybridized carbons (Fsp3) is 0.286. The third-order valence-corrected chi connectivity index (χ3v) is 2.78. The average Bonchev–Trinajstić information content (AvgIpc) is 2.92. The third-order valence-electron chi connectivity index (χ3n) is 2.78. The van der Waals surface area contributed by atoms with Gasteiger partial charge in [-0.2, -0.15) is 0 Å². The molecular formula is C14H18N4O. The van der Waals surface area contributed by atoms with Crippen molar-refractivity contribution >= 4 is 5.91 Å². The molecule has 1 aromatic heterocycles. The number of hydrogen-bond acceptors (Lipinski definition) is 3. The standard InChI is InChI=1S/C14H18N4O/c1-17(2)9-8-16-14(19)12-3-5-13(6-4-12)18-10-7-15-11-18/h3-7,10-11H,8-9H2,1-2H3,(H,16,19). The topological polar surface area (TPSA) is 50.2 Å². The van der Waals surface area contributed by atoms with Crippen LogP contribution in [0.15, 0.2) is 43.0 Å². The van der Waals surface area contributed by atoms with Crippen LogP contribution in [0.25, 0.3) is 5.69 Å². The summed E-state index contributed by atoms with van der Waals surface area (Å²) in [7, 11) is 3.96. The Morgan fingerprint density at radius 3 is 2.63 bits per heavy atom. The monoisotopic (exact) mass is 258 g/mol. The van der Waals surface area contributed by atoms with Gasteiger partial charge in [-0.25, -0.2) is 4.98 Å². The number of aromatic nitrogens is 2.